The van der Waals surface area contributed by atoms with Crippen LogP contribution in [0.2, 0.25) is 0 Å². The van der Waals surface area contributed by atoms with E-state index in [1.807, 2.05) is 0 Å². The van der Waals surface area contributed by atoms with Gasteiger partial charge in [-0.1, -0.05) is 317 Å². The lowest BCUT2D eigenvalue weighted by Crippen LogP contribution is -2.30. The second-order valence-corrected chi connectivity index (χ2v) is 29.0. The van der Waals surface area contributed by atoms with Gasteiger partial charge in [0, 0.05) is 25.7 Å². The third-order valence-corrected chi connectivity index (χ3v) is 18.4. The van der Waals surface area contributed by atoms with Crippen molar-refractivity contribution in [2.75, 3.05) is 39.6 Å². The molecule has 0 aromatic rings. The number of carbonyl (C=O) groups excluding carboxylic acids is 4. The standard InChI is InChI=1S/C71H138O17P2/c1-6-9-12-15-18-20-21-22-25-29-32-36-40-45-50-55-69(74)82-61-67(88-71(76)57-52-47-42-37-33-30-27-24-23-26-28-31-35-39-43-48-53-64(4)5)63-86-90(79,80)84-59-65(72)58-83-89(77,78)85-62-66(60-81-68(73)54-49-44-38-17-14-11-8-3)87-70(75)56-51-46-41-34-19-16-13-10-7-2/h64-67,72H,6-63H2,1-5H3,(H,77,78)(H,79,80)/t65-,66+,67+/m0/s1. The van der Waals surface area contributed by atoms with E-state index in [0.717, 1.165) is 109 Å². The Labute approximate surface area is 549 Å². The van der Waals surface area contributed by atoms with Gasteiger partial charge < -0.3 is 33.8 Å². The minimum absolute atomic E-state index is 0.106. The van der Waals surface area contributed by atoms with Crippen molar-refractivity contribution in [2.45, 2.75) is 387 Å². The number of unbranched alkanes of at least 4 members (excludes halogenated alkanes) is 43. The lowest BCUT2D eigenvalue weighted by molar-refractivity contribution is -0.161. The topological polar surface area (TPSA) is 237 Å². The fourth-order valence-corrected chi connectivity index (χ4v) is 12.4. The molecule has 0 amide bonds. The second-order valence-electron chi connectivity index (χ2n) is 26.1. The molecule has 0 saturated heterocycles. The first-order chi connectivity index (χ1) is 43.5. The molecule has 534 valence electrons. The highest BCUT2D eigenvalue weighted by atomic mass is 31.2. The van der Waals surface area contributed by atoms with E-state index in [2.05, 4.69) is 34.6 Å². The summed E-state index contributed by atoms with van der Waals surface area (Å²) in [4.78, 5) is 72.4. The predicted molar refractivity (Wildman–Crippen MR) is 363 cm³/mol. The molecule has 19 heteroatoms. The quantitative estimate of drug-likeness (QED) is 0.0222. The van der Waals surface area contributed by atoms with Crippen LogP contribution in [0.1, 0.15) is 369 Å². The van der Waals surface area contributed by atoms with Gasteiger partial charge in [0.1, 0.15) is 19.3 Å². The van der Waals surface area contributed by atoms with Crippen molar-refractivity contribution in [2.24, 2.45) is 5.92 Å². The van der Waals surface area contributed by atoms with Gasteiger partial charge in [-0.2, -0.15) is 0 Å². The van der Waals surface area contributed by atoms with Gasteiger partial charge in [0.25, 0.3) is 0 Å². The molecular formula is C71H138O17P2. The molecule has 0 aliphatic heterocycles. The van der Waals surface area contributed by atoms with Crippen LogP contribution in [0.4, 0.5) is 0 Å². The fourth-order valence-electron chi connectivity index (χ4n) is 10.8. The van der Waals surface area contributed by atoms with Crippen LogP contribution in [0.5, 0.6) is 0 Å². The minimum Gasteiger partial charge on any atom is -0.462 e. The van der Waals surface area contributed by atoms with Crippen molar-refractivity contribution in [3.63, 3.8) is 0 Å². The summed E-state index contributed by atoms with van der Waals surface area (Å²) >= 11 is 0. The largest absolute Gasteiger partial charge is 0.472 e. The molecule has 0 heterocycles. The number of aliphatic hydroxyl groups is 1. The van der Waals surface area contributed by atoms with E-state index in [-0.39, 0.29) is 25.7 Å². The monoisotopic (exact) mass is 1320 g/mol. The number of rotatable bonds is 71. The average molecular weight is 1330 g/mol. The lowest BCUT2D eigenvalue weighted by atomic mass is 10.0. The average Bonchev–Trinajstić information content (AvgIpc) is 3.73. The van der Waals surface area contributed by atoms with E-state index < -0.39 is 97.5 Å². The highest BCUT2D eigenvalue weighted by Crippen LogP contribution is 2.45. The first-order valence-electron chi connectivity index (χ1n) is 37.1. The molecule has 0 aromatic carbocycles. The molecule has 0 spiro atoms. The van der Waals surface area contributed by atoms with Crippen LogP contribution in [0, 0.1) is 5.92 Å². The molecule has 0 aliphatic carbocycles. The molecule has 0 aromatic heterocycles. The number of esters is 4. The molecule has 3 N–H and O–H groups in total. The smallest absolute Gasteiger partial charge is 0.462 e. The third kappa shape index (κ3) is 64.8. The van der Waals surface area contributed by atoms with Crippen LogP contribution in [-0.4, -0.2) is 96.7 Å². The number of carbonyl (C=O) groups is 4. The number of phosphoric ester groups is 2. The predicted octanol–water partition coefficient (Wildman–Crippen LogP) is 20.5. The van der Waals surface area contributed by atoms with Crippen LogP contribution in [-0.2, 0) is 65.4 Å². The Morgan fingerprint density at radius 3 is 0.756 bits per heavy atom. The molecule has 0 saturated carbocycles. The molecule has 17 nitrogen and oxygen atoms in total. The Balaban J connectivity index is 5.16. The van der Waals surface area contributed by atoms with Crippen LogP contribution in [0.25, 0.3) is 0 Å². The highest BCUT2D eigenvalue weighted by molar-refractivity contribution is 7.47. The Morgan fingerprint density at radius 1 is 0.300 bits per heavy atom. The maximum Gasteiger partial charge on any atom is 0.472 e. The van der Waals surface area contributed by atoms with Gasteiger partial charge in [-0.3, -0.25) is 37.3 Å². The Hall–Kier alpha value is -1.94. The van der Waals surface area contributed by atoms with Gasteiger partial charge in [0.2, 0.25) is 0 Å². The van der Waals surface area contributed by atoms with Crippen molar-refractivity contribution < 1.29 is 80.2 Å². The van der Waals surface area contributed by atoms with Crippen LogP contribution < -0.4 is 0 Å². The summed E-state index contributed by atoms with van der Waals surface area (Å²) in [6.07, 6.45) is 51.5. The number of ether oxygens (including phenoxy) is 4. The number of aliphatic hydroxyl groups excluding tert-OH is 1. The summed E-state index contributed by atoms with van der Waals surface area (Å²) < 4.78 is 68.2. The van der Waals surface area contributed by atoms with E-state index in [1.165, 1.54) is 180 Å². The van der Waals surface area contributed by atoms with Gasteiger partial charge >= 0.3 is 39.5 Å². The summed E-state index contributed by atoms with van der Waals surface area (Å²) in [7, 11) is -9.89. The minimum atomic E-state index is -4.95. The van der Waals surface area contributed by atoms with E-state index >= 15 is 0 Å². The molecule has 5 atom stereocenters. The molecule has 90 heavy (non-hydrogen) atoms. The zero-order valence-corrected chi connectivity index (χ0v) is 60.1. The van der Waals surface area contributed by atoms with Crippen LogP contribution in [0.3, 0.4) is 0 Å². The molecule has 0 fully saturated rings. The van der Waals surface area contributed by atoms with E-state index in [1.54, 1.807) is 0 Å². The molecular weight excluding hydrogens is 1190 g/mol. The van der Waals surface area contributed by atoms with Gasteiger partial charge in [-0.25, -0.2) is 9.13 Å². The van der Waals surface area contributed by atoms with Gasteiger partial charge in [-0.15, -0.1) is 0 Å². The van der Waals surface area contributed by atoms with Gasteiger partial charge in [0.15, 0.2) is 12.2 Å². The summed E-state index contributed by atoms with van der Waals surface area (Å²) in [5.41, 5.74) is 0. The highest BCUT2D eigenvalue weighted by Gasteiger charge is 2.30. The lowest BCUT2D eigenvalue weighted by Gasteiger charge is -2.21. The summed E-state index contributed by atoms with van der Waals surface area (Å²) in [5.74, 6) is -1.32. The zero-order valence-electron chi connectivity index (χ0n) is 58.3. The first-order valence-corrected chi connectivity index (χ1v) is 40.1. The van der Waals surface area contributed by atoms with E-state index in [4.69, 9.17) is 37.0 Å². The van der Waals surface area contributed by atoms with Crippen molar-refractivity contribution in [1.82, 2.24) is 0 Å². The van der Waals surface area contributed by atoms with Crippen LogP contribution in [0.15, 0.2) is 0 Å². The number of phosphoric acid groups is 2. The van der Waals surface area contributed by atoms with E-state index in [9.17, 15) is 43.2 Å². The van der Waals surface area contributed by atoms with Gasteiger partial charge in [-0.05, 0) is 31.6 Å². The fraction of sp³-hybridized carbons (Fsp3) is 0.944. The van der Waals surface area contributed by atoms with Crippen molar-refractivity contribution in [1.29, 1.82) is 0 Å². The molecule has 0 rings (SSSR count). The number of hydrogen-bond donors (Lipinski definition) is 3. The molecule has 2 unspecified atom stereocenters. The maximum absolute atomic E-state index is 13.0. The number of hydrogen-bond acceptors (Lipinski definition) is 15. The second kappa shape index (κ2) is 64.4. The van der Waals surface area contributed by atoms with Crippen molar-refractivity contribution in [3.05, 3.63) is 0 Å². The van der Waals surface area contributed by atoms with Crippen molar-refractivity contribution >= 4 is 39.5 Å². The summed E-state index contributed by atoms with van der Waals surface area (Å²) in [6, 6.07) is 0. The SMILES string of the molecule is CCCCCCCCCCCCCCCCCC(=O)OC[C@H](COP(=O)(O)OC[C@@H](O)COP(=O)(O)OC[C@@H](COC(=O)CCCCCCCCC)OC(=O)CCCCCCCCCCC)OC(=O)CCCCCCCCCCCCCCCCCCC(C)C. The normalized spacial score (nSPS) is 14.1. The van der Waals surface area contributed by atoms with Crippen molar-refractivity contribution in [3.8, 4) is 0 Å². The molecule has 0 bridgehead atoms. The Morgan fingerprint density at radius 2 is 0.511 bits per heavy atom. The summed E-state index contributed by atoms with van der Waals surface area (Å²) in [5, 5.41) is 10.6. The Bertz CT molecular complexity index is 1740. The third-order valence-electron chi connectivity index (χ3n) is 16.5. The zero-order chi connectivity index (χ0) is 66.3. The molecule has 0 radical (unpaired) electrons. The summed E-state index contributed by atoms with van der Waals surface area (Å²) in [6.45, 7) is 7.23. The van der Waals surface area contributed by atoms with Crippen LogP contribution >= 0.6 is 15.6 Å². The maximum atomic E-state index is 13.0. The van der Waals surface area contributed by atoms with E-state index in [0.29, 0.717) is 25.7 Å². The van der Waals surface area contributed by atoms with Gasteiger partial charge in [0.05, 0.1) is 26.4 Å². The first kappa shape index (κ1) is 88.1. The Kier molecular flexibility index (Phi) is 63.0. The molecule has 0 aliphatic rings.